The Morgan fingerprint density at radius 3 is 2.21 bits per heavy atom. The number of ether oxygens (including phenoxy) is 1. The largest absolute Gasteiger partial charge is 1.00 e. The molecule has 20 heteroatoms. The summed E-state index contributed by atoms with van der Waals surface area (Å²) in [5.41, 5.74) is 5.96. The first-order valence-corrected chi connectivity index (χ1v) is 31.2. The van der Waals surface area contributed by atoms with Gasteiger partial charge in [0.2, 0.25) is 11.6 Å². The predicted octanol–water partition coefficient (Wildman–Crippen LogP) is 9.42. The number of rotatable bonds is 27. The Morgan fingerprint density at radius 1 is 0.778 bits per heavy atom. The molecule has 0 bridgehead atoms. The number of para-hydroxylation sites is 1. The minimum absolute atomic E-state index is 0. The summed E-state index contributed by atoms with van der Waals surface area (Å²) in [4.78, 5) is 29.9. The fourth-order valence-electron chi connectivity index (χ4n) is 11.1. The molecule has 14 nitrogen and oxygen atoms in total. The van der Waals surface area contributed by atoms with E-state index in [1.54, 1.807) is 6.07 Å². The van der Waals surface area contributed by atoms with E-state index in [2.05, 4.69) is 57.1 Å². The molecule has 3 heterocycles. The van der Waals surface area contributed by atoms with Gasteiger partial charge in [-0.25, -0.2) is 30.4 Å². The van der Waals surface area contributed by atoms with E-state index < -0.39 is 49.1 Å². The summed E-state index contributed by atoms with van der Waals surface area (Å²) in [7, 11) is -8.97. The Hall–Kier alpha value is -4.12. The molecule has 1 saturated heterocycles. The number of anilines is 2. The van der Waals surface area contributed by atoms with E-state index in [0.717, 1.165) is 111 Å². The number of hydrogen-bond acceptors (Lipinski definition) is 11. The maximum absolute atomic E-state index is 14.1. The van der Waals surface area contributed by atoms with E-state index in [-0.39, 0.29) is 85.1 Å². The van der Waals surface area contributed by atoms with E-state index >= 15 is 0 Å². The molecule has 4 aromatic carbocycles. The minimum Gasteiger partial charge on any atom is -0.748 e. The van der Waals surface area contributed by atoms with Crippen molar-refractivity contribution in [3.05, 3.63) is 143 Å². The van der Waals surface area contributed by atoms with Gasteiger partial charge in [-0.15, -0.1) is 0 Å². The molecule has 432 valence electrons. The SMILES string of the molecule is CC1(C)C(=CC=CC=CC2=[N+](CCCCS(=O)(=O)[O-])c3ccccc3C2(C)C)N(CCCCCC(=O)NCCCCCCCCN2CCC(OC(=O)Nc3ccc(F)cc3-c3ccc(F)c(Cl)c3)CC2)c2ccc(S(=O)(=O)[O-])cc21.[K+]. The van der Waals surface area contributed by atoms with E-state index in [9.17, 15) is 44.3 Å². The fourth-order valence-corrected chi connectivity index (χ4v) is 12.4. The van der Waals surface area contributed by atoms with Gasteiger partial charge < -0.3 is 29.0 Å². The zero-order valence-electron chi connectivity index (χ0n) is 47.3. The van der Waals surface area contributed by atoms with Crippen molar-refractivity contribution >= 4 is 66.6 Å². The van der Waals surface area contributed by atoms with Gasteiger partial charge in [-0.05, 0) is 131 Å². The number of nitrogens with one attached hydrogen (secondary N) is 2. The van der Waals surface area contributed by atoms with Crippen LogP contribution >= 0.6 is 11.6 Å². The normalized spacial score (nSPS) is 16.8. The molecule has 4 aromatic rings. The molecule has 2 amide bonds. The Labute approximate surface area is 525 Å². The number of fused-ring (bicyclic) bond motifs is 2. The minimum atomic E-state index is -4.68. The van der Waals surface area contributed by atoms with Crippen LogP contribution in [0.2, 0.25) is 5.02 Å². The summed E-state index contributed by atoms with van der Waals surface area (Å²) in [6, 6.07) is 20.7. The van der Waals surface area contributed by atoms with Crippen molar-refractivity contribution < 1.29 is 105 Å². The molecule has 7 rings (SSSR count). The Kier molecular flexibility index (Phi) is 24.5. The number of nitrogens with zero attached hydrogens (tertiary/aromatic N) is 3. The van der Waals surface area contributed by atoms with Crippen LogP contribution in [0.15, 0.2) is 120 Å². The van der Waals surface area contributed by atoms with Crippen molar-refractivity contribution in [2.24, 2.45) is 0 Å². The number of halogens is 3. The average Bonchev–Trinajstić information content (AvgIpc) is 3.91. The molecule has 0 spiro atoms. The van der Waals surface area contributed by atoms with Gasteiger partial charge in [-0.2, -0.15) is 4.58 Å². The average molecular weight is 1200 g/mol. The summed E-state index contributed by atoms with van der Waals surface area (Å²) >= 11 is 5.95. The molecule has 1 fully saturated rings. The molecule has 0 saturated carbocycles. The van der Waals surface area contributed by atoms with Crippen LogP contribution in [0.1, 0.15) is 129 Å². The van der Waals surface area contributed by atoms with Crippen molar-refractivity contribution in [1.82, 2.24) is 10.2 Å². The third kappa shape index (κ3) is 18.4. The second kappa shape index (κ2) is 30.1. The van der Waals surface area contributed by atoms with E-state index in [1.807, 2.05) is 50.3 Å². The van der Waals surface area contributed by atoms with Crippen LogP contribution in [0, 0.1) is 11.6 Å². The molecule has 81 heavy (non-hydrogen) atoms. The first kappa shape index (κ1) is 66.0. The van der Waals surface area contributed by atoms with Crippen LogP contribution in [0.25, 0.3) is 11.1 Å². The molecule has 0 aliphatic carbocycles. The molecule has 2 N–H and O–H groups in total. The third-order valence-corrected chi connectivity index (χ3v) is 17.4. The summed E-state index contributed by atoms with van der Waals surface area (Å²) < 4.78 is 106. The zero-order chi connectivity index (χ0) is 57.7. The standard InChI is InChI=1S/C61H76ClF2N5O9S2.K/c1-60(2)49-21-14-15-22-54(49)68(37-19-20-40-79(72,73)74)56(60)23-11-9-12-24-57-61(3,4)50-43-47(80(75,76)77)28-31-55(50)69(57)36-18-10-13-25-58(70)65-34-16-7-5-6-8-17-35-67-38-32-46(33-39-67)78-59(71)66-53-30-27-45(63)42-48(53)44-26-29-52(64)51(62)41-44;/h9,11-12,14-15,21-24,26-31,41-43,46H,5-8,10,13,16-20,25,32-40H2,1-4H3,(H3-,65,66,70,71,72,73,74,75,76,77);/q;+1/p-1. The number of piperidine rings is 1. The summed E-state index contributed by atoms with van der Waals surface area (Å²) in [5.74, 6) is -1.47. The van der Waals surface area contributed by atoms with Crippen LogP contribution in [-0.4, -0.2) is 104 Å². The zero-order valence-corrected chi connectivity index (χ0v) is 52.8. The Morgan fingerprint density at radius 2 is 1.48 bits per heavy atom. The van der Waals surface area contributed by atoms with Gasteiger partial charge in [0.1, 0.15) is 34.4 Å². The molecule has 0 unspecified atom stereocenters. The van der Waals surface area contributed by atoms with E-state index in [4.69, 9.17) is 16.3 Å². The molecular formula is C61H75ClF2KN5O9S2. The third-order valence-electron chi connectivity index (χ3n) is 15.5. The molecular weight excluding hydrogens is 1120 g/mol. The monoisotopic (exact) mass is 1200 g/mol. The van der Waals surface area contributed by atoms with Crippen LogP contribution in [0.3, 0.4) is 0 Å². The van der Waals surface area contributed by atoms with Crippen molar-refractivity contribution in [2.75, 3.05) is 55.2 Å². The van der Waals surface area contributed by atoms with Gasteiger partial charge in [0.25, 0.3) is 0 Å². The summed E-state index contributed by atoms with van der Waals surface area (Å²) in [5, 5.41) is 5.69. The summed E-state index contributed by atoms with van der Waals surface area (Å²) in [6.45, 7) is 12.8. The molecule has 3 aliphatic rings. The quantitative estimate of drug-likeness (QED) is 0.0190. The predicted molar refractivity (Wildman–Crippen MR) is 310 cm³/mol. The molecule has 0 aromatic heterocycles. The van der Waals surface area contributed by atoms with Gasteiger partial charge in [-0.1, -0.05) is 100 Å². The maximum atomic E-state index is 14.1. The number of benzene rings is 4. The van der Waals surface area contributed by atoms with E-state index in [0.29, 0.717) is 62.1 Å². The first-order valence-electron chi connectivity index (χ1n) is 27.9. The van der Waals surface area contributed by atoms with Crippen molar-refractivity contribution in [2.45, 2.75) is 139 Å². The number of amides is 2. The van der Waals surface area contributed by atoms with Crippen LogP contribution in [-0.2, 0) is 40.6 Å². The van der Waals surface area contributed by atoms with Crippen molar-refractivity contribution in [1.29, 1.82) is 0 Å². The van der Waals surface area contributed by atoms with Crippen molar-refractivity contribution in [3.8, 4) is 11.1 Å². The van der Waals surface area contributed by atoms with Crippen LogP contribution in [0.5, 0.6) is 0 Å². The van der Waals surface area contributed by atoms with Crippen molar-refractivity contribution in [3.63, 3.8) is 0 Å². The maximum Gasteiger partial charge on any atom is 1.00 e. The Bertz CT molecular complexity index is 3220. The van der Waals surface area contributed by atoms with Gasteiger partial charge in [0, 0.05) is 84.8 Å². The molecule has 0 radical (unpaired) electrons. The molecule has 3 aliphatic heterocycles. The van der Waals surface area contributed by atoms with Gasteiger partial charge in [-0.3, -0.25) is 10.1 Å². The second-order valence-electron chi connectivity index (χ2n) is 22.0. The number of carbonyl (C=O) groups is 2. The number of carbonyl (C=O) groups excluding carboxylic acids is 2. The number of hydrogen-bond donors (Lipinski definition) is 2. The Balaban J connectivity index is 0.0000106. The topological polar surface area (TPSA) is 191 Å². The first-order chi connectivity index (χ1) is 38.0. The van der Waals surface area contributed by atoms with Gasteiger partial charge in [0.15, 0.2) is 5.71 Å². The smallest absolute Gasteiger partial charge is 0.748 e. The molecule has 0 atom stereocenters. The van der Waals surface area contributed by atoms with Crippen LogP contribution < -0.4 is 66.9 Å². The van der Waals surface area contributed by atoms with Gasteiger partial charge in [0.05, 0.1) is 31.1 Å². The van der Waals surface area contributed by atoms with Crippen LogP contribution in [0.4, 0.5) is 30.6 Å². The summed E-state index contributed by atoms with van der Waals surface area (Å²) in [6.07, 6.45) is 20.4. The second-order valence-corrected chi connectivity index (χ2v) is 25.3. The number of allylic oxidation sites excluding steroid dienone is 6. The number of unbranched alkanes of at least 4 members (excludes halogenated alkanes) is 8. The number of likely N-dealkylation sites (tertiary alicyclic amines) is 1. The van der Waals surface area contributed by atoms with Gasteiger partial charge >= 0.3 is 57.5 Å². The van der Waals surface area contributed by atoms with E-state index in [1.165, 1.54) is 48.5 Å². The fraction of sp³-hybridized carbons (Fsp3) is 0.459.